The fraction of sp³-hybridized carbons (Fsp3) is 0.588. The Morgan fingerprint density at radius 1 is 1.35 bits per heavy atom. The van der Waals surface area contributed by atoms with Crippen molar-refractivity contribution in [2.24, 2.45) is 0 Å². The standard InChI is InChI=1S/C17H25FN2O3/c1-17(2,3)23-16(21)13-4-5-15(14(18)12-13)19-6-7-20-8-10-22-11-9-20/h4-5,12,19H,6-11H2,1-3H3. The van der Waals surface area contributed by atoms with Crippen molar-refractivity contribution in [3.05, 3.63) is 29.6 Å². The van der Waals surface area contributed by atoms with Crippen LogP contribution in [0.25, 0.3) is 0 Å². The summed E-state index contributed by atoms with van der Waals surface area (Å²) < 4.78 is 24.6. The molecule has 0 aromatic heterocycles. The second-order valence-electron chi connectivity index (χ2n) is 6.58. The number of rotatable bonds is 5. The summed E-state index contributed by atoms with van der Waals surface area (Å²) in [4.78, 5) is 14.2. The fourth-order valence-electron chi connectivity index (χ4n) is 2.30. The van der Waals surface area contributed by atoms with Crippen molar-refractivity contribution in [3.63, 3.8) is 0 Å². The average molecular weight is 324 g/mol. The van der Waals surface area contributed by atoms with Gasteiger partial charge >= 0.3 is 5.97 Å². The van der Waals surface area contributed by atoms with Crippen molar-refractivity contribution in [2.75, 3.05) is 44.7 Å². The normalized spacial score (nSPS) is 16.2. The summed E-state index contributed by atoms with van der Waals surface area (Å²) >= 11 is 0. The van der Waals surface area contributed by atoms with Gasteiger partial charge in [0.25, 0.3) is 0 Å². The Morgan fingerprint density at radius 3 is 2.65 bits per heavy atom. The third-order valence-electron chi connectivity index (χ3n) is 3.45. The lowest BCUT2D eigenvalue weighted by atomic mass is 10.1. The van der Waals surface area contributed by atoms with Crippen molar-refractivity contribution < 1.29 is 18.7 Å². The SMILES string of the molecule is CC(C)(C)OC(=O)c1ccc(NCCN2CCOCC2)c(F)c1. The van der Waals surface area contributed by atoms with Gasteiger partial charge in [0.05, 0.1) is 24.5 Å². The third-order valence-corrected chi connectivity index (χ3v) is 3.45. The first-order chi connectivity index (χ1) is 10.8. The van der Waals surface area contributed by atoms with E-state index in [1.807, 2.05) is 0 Å². The Kier molecular flexibility index (Phi) is 5.96. The van der Waals surface area contributed by atoms with Crippen molar-refractivity contribution in [1.29, 1.82) is 0 Å². The molecule has 23 heavy (non-hydrogen) atoms. The lowest BCUT2D eigenvalue weighted by Crippen LogP contribution is -2.39. The van der Waals surface area contributed by atoms with Crippen LogP contribution in [0.2, 0.25) is 0 Å². The van der Waals surface area contributed by atoms with Crippen LogP contribution in [0.5, 0.6) is 0 Å². The summed E-state index contributed by atoms with van der Waals surface area (Å²) in [6.07, 6.45) is 0. The molecule has 0 saturated carbocycles. The quantitative estimate of drug-likeness (QED) is 0.844. The predicted molar refractivity (Wildman–Crippen MR) is 87.3 cm³/mol. The number of anilines is 1. The molecule has 1 N–H and O–H groups in total. The van der Waals surface area contributed by atoms with Gasteiger partial charge in [-0.2, -0.15) is 0 Å². The van der Waals surface area contributed by atoms with Gasteiger partial charge in [-0.3, -0.25) is 4.90 Å². The van der Waals surface area contributed by atoms with Gasteiger partial charge in [0, 0.05) is 26.2 Å². The van der Waals surface area contributed by atoms with E-state index in [0.717, 1.165) is 32.8 Å². The maximum atomic E-state index is 14.1. The van der Waals surface area contributed by atoms with Crippen LogP contribution in [-0.4, -0.2) is 55.9 Å². The minimum Gasteiger partial charge on any atom is -0.456 e. The lowest BCUT2D eigenvalue weighted by molar-refractivity contribution is 0.00690. The van der Waals surface area contributed by atoms with Crippen LogP contribution in [0.1, 0.15) is 31.1 Å². The molecule has 1 aromatic carbocycles. The molecule has 0 aliphatic carbocycles. The van der Waals surface area contributed by atoms with E-state index in [1.54, 1.807) is 32.9 Å². The molecule has 6 heteroatoms. The topological polar surface area (TPSA) is 50.8 Å². The number of halogens is 1. The highest BCUT2D eigenvalue weighted by Crippen LogP contribution is 2.18. The molecule has 2 rings (SSSR count). The molecule has 1 saturated heterocycles. The first-order valence-electron chi connectivity index (χ1n) is 7.92. The molecule has 0 atom stereocenters. The van der Waals surface area contributed by atoms with Crippen LogP contribution in [0.4, 0.5) is 10.1 Å². The van der Waals surface area contributed by atoms with E-state index < -0.39 is 17.4 Å². The number of hydrogen-bond donors (Lipinski definition) is 1. The van der Waals surface area contributed by atoms with Crippen LogP contribution in [0.15, 0.2) is 18.2 Å². The molecule has 128 valence electrons. The van der Waals surface area contributed by atoms with Crippen molar-refractivity contribution in [2.45, 2.75) is 26.4 Å². The largest absolute Gasteiger partial charge is 0.456 e. The van der Waals surface area contributed by atoms with E-state index in [0.29, 0.717) is 12.2 Å². The Morgan fingerprint density at radius 2 is 2.04 bits per heavy atom. The predicted octanol–water partition coefficient (Wildman–Crippen LogP) is 2.53. The number of ether oxygens (including phenoxy) is 2. The van der Waals surface area contributed by atoms with Gasteiger partial charge in [0.15, 0.2) is 0 Å². The van der Waals surface area contributed by atoms with Crippen molar-refractivity contribution in [1.82, 2.24) is 4.90 Å². The summed E-state index contributed by atoms with van der Waals surface area (Å²) in [6, 6.07) is 4.37. The third kappa shape index (κ3) is 5.80. The van der Waals surface area contributed by atoms with E-state index in [1.165, 1.54) is 6.07 Å². The van der Waals surface area contributed by atoms with Gasteiger partial charge in [-0.1, -0.05) is 0 Å². The van der Waals surface area contributed by atoms with Crippen molar-refractivity contribution >= 4 is 11.7 Å². The summed E-state index contributed by atoms with van der Waals surface area (Å²) in [7, 11) is 0. The Hall–Kier alpha value is -1.66. The molecule has 1 aliphatic rings. The smallest absolute Gasteiger partial charge is 0.338 e. The van der Waals surface area contributed by atoms with Gasteiger partial charge in [0.2, 0.25) is 0 Å². The highest BCUT2D eigenvalue weighted by molar-refractivity contribution is 5.90. The molecule has 5 nitrogen and oxygen atoms in total. The maximum Gasteiger partial charge on any atom is 0.338 e. The molecule has 0 spiro atoms. The van der Waals surface area contributed by atoms with Crippen LogP contribution in [0, 0.1) is 5.82 Å². The number of esters is 1. The molecule has 0 bridgehead atoms. The summed E-state index contributed by atoms with van der Waals surface area (Å²) in [5.41, 5.74) is 0.0181. The number of morpholine rings is 1. The fourth-order valence-corrected chi connectivity index (χ4v) is 2.30. The van der Waals surface area contributed by atoms with E-state index in [2.05, 4.69) is 10.2 Å². The molecule has 0 unspecified atom stereocenters. The first-order valence-corrected chi connectivity index (χ1v) is 7.92. The molecule has 1 fully saturated rings. The molecule has 0 amide bonds. The second-order valence-corrected chi connectivity index (χ2v) is 6.58. The van der Waals surface area contributed by atoms with Crippen molar-refractivity contribution in [3.8, 4) is 0 Å². The molecule has 1 aromatic rings. The highest BCUT2D eigenvalue weighted by Gasteiger charge is 2.19. The zero-order chi connectivity index (χ0) is 16.9. The Balaban J connectivity index is 1.87. The van der Waals surface area contributed by atoms with E-state index in [4.69, 9.17) is 9.47 Å². The molecule has 1 heterocycles. The van der Waals surface area contributed by atoms with E-state index >= 15 is 0 Å². The highest BCUT2D eigenvalue weighted by atomic mass is 19.1. The Labute approximate surface area is 136 Å². The summed E-state index contributed by atoms with van der Waals surface area (Å²) in [5, 5.41) is 3.07. The number of carbonyl (C=O) groups is 1. The number of carbonyl (C=O) groups excluding carboxylic acids is 1. The molecular weight excluding hydrogens is 299 g/mol. The number of nitrogens with zero attached hydrogens (tertiary/aromatic N) is 1. The van der Waals surface area contributed by atoms with Gasteiger partial charge < -0.3 is 14.8 Å². The minimum atomic E-state index is -0.595. The number of nitrogens with one attached hydrogen (secondary N) is 1. The molecular formula is C17H25FN2O3. The average Bonchev–Trinajstić information content (AvgIpc) is 2.48. The zero-order valence-corrected chi connectivity index (χ0v) is 14.0. The van der Waals surface area contributed by atoms with Gasteiger partial charge in [-0.05, 0) is 39.0 Å². The van der Waals surface area contributed by atoms with E-state index in [9.17, 15) is 9.18 Å². The summed E-state index contributed by atoms with van der Waals surface area (Å²) in [6.45, 7) is 10.1. The zero-order valence-electron chi connectivity index (χ0n) is 14.0. The second kappa shape index (κ2) is 7.75. The Bertz CT molecular complexity index is 537. The van der Waals surface area contributed by atoms with Gasteiger partial charge in [-0.25, -0.2) is 9.18 Å². The van der Waals surface area contributed by atoms with Crippen LogP contribution in [-0.2, 0) is 9.47 Å². The van der Waals surface area contributed by atoms with Crippen LogP contribution in [0.3, 0.4) is 0 Å². The lowest BCUT2D eigenvalue weighted by Gasteiger charge is -2.26. The summed E-state index contributed by atoms with van der Waals surface area (Å²) in [5.74, 6) is -0.966. The monoisotopic (exact) mass is 324 g/mol. The maximum absolute atomic E-state index is 14.1. The van der Waals surface area contributed by atoms with Crippen LogP contribution < -0.4 is 5.32 Å². The number of benzene rings is 1. The number of hydrogen-bond acceptors (Lipinski definition) is 5. The minimum absolute atomic E-state index is 0.219. The first kappa shape index (κ1) is 17.7. The van der Waals surface area contributed by atoms with Gasteiger partial charge in [-0.15, -0.1) is 0 Å². The van der Waals surface area contributed by atoms with Gasteiger partial charge in [0.1, 0.15) is 11.4 Å². The van der Waals surface area contributed by atoms with Crippen LogP contribution >= 0.6 is 0 Å². The molecule has 0 radical (unpaired) electrons. The van der Waals surface area contributed by atoms with E-state index in [-0.39, 0.29) is 5.56 Å². The molecule has 1 aliphatic heterocycles.